The van der Waals surface area contributed by atoms with Crippen molar-refractivity contribution in [3.8, 4) is 0 Å². The van der Waals surface area contributed by atoms with Crippen molar-refractivity contribution in [2.45, 2.75) is 32.2 Å². The lowest BCUT2D eigenvalue weighted by atomic mass is 10.0. The molecule has 1 amide bonds. The maximum atomic E-state index is 14.1. The van der Waals surface area contributed by atoms with Crippen molar-refractivity contribution in [2.24, 2.45) is 0 Å². The quantitative estimate of drug-likeness (QED) is 0.913. The van der Waals surface area contributed by atoms with Crippen LogP contribution in [0.25, 0.3) is 0 Å². The molecule has 0 aliphatic carbocycles. The molecule has 0 aromatic heterocycles. The monoisotopic (exact) mass is 299 g/mol. The first kappa shape index (κ1) is 14.8. The number of benzene rings is 1. The maximum Gasteiger partial charge on any atom is 0.326 e. The zero-order valence-corrected chi connectivity index (χ0v) is 11.8. The van der Waals surface area contributed by atoms with E-state index in [4.69, 9.17) is 16.7 Å². The second-order valence-electron chi connectivity index (χ2n) is 4.91. The lowest BCUT2D eigenvalue weighted by Crippen LogP contribution is -2.48. The molecule has 1 saturated heterocycles. The first-order valence-corrected chi connectivity index (χ1v) is 6.79. The number of aliphatic carboxylic acids is 1. The number of likely N-dealkylation sites (tertiary alicyclic amines) is 1. The maximum absolute atomic E-state index is 14.1. The number of amides is 1. The van der Waals surface area contributed by atoms with E-state index in [0.717, 1.165) is 12.8 Å². The minimum Gasteiger partial charge on any atom is -0.480 e. The normalized spacial score (nSPS) is 18.9. The summed E-state index contributed by atoms with van der Waals surface area (Å²) in [4.78, 5) is 24.8. The van der Waals surface area contributed by atoms with Crippen LogP contribution in [-0.4, -0.2) is 34.5 Å². The van der Waals surface area contributed by atoms with Gasteiger partial charge in [0.05, 0.1) is 10.6 Å². The van der Waals surface area contributed by atoms with E-state index in [-0.39, 0.29) is 10.6 Å². The number of carboxylic acid groups (broad SMARTS) is 1. The van der Waals surface area contributed by atoms with Crippen molar-refractivity contribution in [3.63, 3.8) is 0 Å². The topological polar surface area (TPSA) is 57.6 Å². The van der Waals surface area contributed by atoms with Crippen molar-refractivity contribution in [3.05, 3.63) is 34.1 Å². The predicted octanol–water partition coefficient (Wildman–Crippen LogP) is 2.87. The molecular formula is C14H15ClFNO3. The molecular weight excluding hydrogens is 285 g/mol. The molecule has 0 saturated carbocycles. The van der Waals surface area contributed by atoms with Crippen LogP contribution in [0.3, 0.4) is 0 Å². The summed E-state index contributed by atoms with van der Waals surface area (Å²) in [7, 11) is 0. The second kappa shape index (κ2) is 5.79. The van der Waals surface area contributed by atoms with Gasteiger partial charge in [-0.15, -0.1) is 0 Å². The number of rotatable bonds is 2. The van der Waals surface area contributed by atoms with Crippen LogP contribution in [0.4, 0.5) is 4.39 Å². The molecule has 0 bridgehead atoms. The standard InChI is InChI=1S/C14H15ClFNO3/c1-8-5-6-9(12(16)11(8)15)13(18)17-7-3-2-4-10(17)14(19)20/h5-6,10H,2-4,7H2,1H3,(H,19,20). The summed E-state index contributed by atoms with van der Waals surface area (Å²) in [6.07, 6.45) is 1.86. The van der Waals surface area contributed by atoms with Gasteiger partial charge in [0.25, 0.3) is 5.91 Å². The Bertz CT molecular complexity index is 562. The summed E-state index contributed by atoms with van der Waals surface area (Å²) in [6.45, 7) is 1.96. The van der Waals surface area contributed by atoms with Gasteiger partial charge in [-0.2, -0.15) is 0 Å². The molecule has 2 rings (SSSR count). The molecule has 0 radical (unpaired) electrons. The number of carbonyl (C=O) groups is 2. The van der Waals surface area contributed by atoms with E-state index in [1.807, 2.05) is 0 Å². The van der Waals surface area contributed by atoms with Crippen molar-refractivity contribution in [2.75, 3.05) is 6.54 Å². The van der Waals surface area contributed by atoms with Gasteiger partial charge in [0.15, 0.2) is 5.82 Å². The molecule has 20 heavy (non-hydrogen) atoms. The Labute approximate surface area is 121 Å². The van der Waals surface area contributed by atoms with E-state index >= 15 is 0 Å². The van der Waals surface area contributed by atoms with Crippen LogP contribution in [0.2, 0.25) is 5.02 Å². The van der Waals surface area contributed by atoms with Crippen LogP contribution in [-0.2, 0) is 4.79 Å². The molecule has 4 nitrogen and oxygen atoms in total. The number of carboxylic acids is 1. The summed E-state index contributed by atoms with van der Waals surface area (Å²) < 4.78 is 14.1. The van der Waals surface area contributed by atoms with Crippen molar-refractivity contribution in [1.82, 2.24) is 4.90 Å². The minimum absolute atomic E-state index is 0.0975. The van der Waals surface area contributed by atoms with Crippen LogP contribution in [0, 0.1) is 12.7 Å². The average molecular weight is 300 g/mol. The fraction of sp³-hybridized carbons (Fsp3) is 0.429. The van der Waals surface area contributed by atoms with Gasteiger partial charge >= 0.3 is 5.97 Å². The van der Waals surface area contributed by atoms with Gasteiger partial charge in [0.2, 0.25) is 0 Å². The van der Waals surface area contributed by atoms with Crippen LogP contribution in [0.1, 0.15) is 35.2 Å². The Morgan fingerprint density at radius 1 is 1.40 bits per heavy atom. The molecule has 1 aliphatic rings. The molecule has 1 unspecified atom stereocenters. The van der Waals surface area contributed by atoms with Gasteiger partial charge in [0.1, 0.15) is 6.04 Å². The summed E-state index contributed by atoms with van der Waals surface area (Å²) in [5, 5.41) is 9.06. The number of hydrogen-bond acceptors (Lipinski definition) is 2. The number of halogens is 2. The van der Waals surface area contributed by atoms with Crippen LogP contribution in [0.15, 0.2) is 12.1 Å². The van der Waals surface area contributed by atoms with Crippen LogP contribution < -0.4 is 0 Å². The Hall–Kier alpha value is -1.62. The zero-order valence-electron chi connectivity index (χ0n) is 11.0. The van der Waals surface area contributed by atoms with Crippen LogP contribution >= 0.6 is 11.6 Å². The third-order valence-electron chi connectivity index (χ3n) is 3.55. The third-order valence-corrected chi connectivity index (χ3v) is 4.02. The smallest absolute Gasteiger partial charge is 0.326 e. The fourth-order valence-corrected chi connectivity index (χ4v) is 2.56. The van der Waals surface area contributed by atoms with Gasteiger partial charge in [-0.05, 0) is 37.8 Å². The van der Waals surface area contributed by atoms with Crippen LogP contribution in [0.5, 0.6) is 0 Å². The molecule has 1 fully saturated rings. The predicted molar refractivity (Wildman–Crippen MR) is 72.5 cm³/mol. The highest BCUT2D eigenvalue weighted by molar-refractivity contribution is 6.31. The number of carbonyl (C=O) groups excluding carboxylic acids is 1. The number of nitrogens with zero attached hydrogens (tertiary/aromatic N) is 1. The van der Waals surface area contributed by atoms with Gasteiger partial charge < -0.3 is 10.0 Å². The molecule has 1 N–H and O–H groups in total. The SMILES string of the molecule is Cc1ccc(C(=O)N2CCCCC2C(=O)O)c(F)c1Cl. The summed E-state index contributed by atoms with van der Waals surface area (Å²) >= 11 is 5.80. The van der Waals surface area contributed by atoms with E-state index in [1.165, 1.54) is 11.0 Å². The van der Waals surface area contributed by atoms with Gasteiger partial charge in [-0.1, -0.05) is 17.7 Å². The van der Waals surface area contributed by atoms with Crippen molar-refractivity contribution < 1.29 is 19.1 Å². The molecule has 1 aromatic carbocycles. The average Bonchev–Trinajstić information content (AvgIpc) is 2.44. The molecule has 1 atom stereocenters. The molecule has 1 heterocycles. The van der Waals surface area contributed by atoms with Crippen molar-refractivity contribution >= 4 is 23.5 Å². The van der Waals surface area contributed by atoms with E-state index < -0.39 is 23.7 Å². The minimum atomic E-state index is -1.06. The molecule has 108 valence electrons. The van der Waals surface area contributed by atoms with E-state index in [0.29, 0.717) is 18.5 Å². The third kappa shape index (κ3) is 2.63. The molecule has 1 aromatic rings. The number of aryl methyl sites for hydroxylation is 1. The molecule has 6 heteroatoms. The summed E-state index contributed by atoms with van der Waals surface area (Å²) in [5.41, 5.74) is 0.364. The molecule has 1 aliphatic heterocycles. The first-order chi connectivity index (χ1) is 9.43. The van der Waals surface area contributed by atoms with Gasteiger partial charge in [0, 0.05) is 6.54 Å². The second-order valence-corrected chi connectivity index (χ2v) is 5.28. The zero-order chi connectivity index (χ0) is 14.9. The highest BCUT2D eigenvalue weighted by atomic mass is 35.5. The highest BCUT2D eigenvalue weighted by Crippen LogP contribution is 2.26. The Morgan fingerprint density at radius 3 is 2.75 bits per heavy atom. The number of hydrogen-bond donors (Lipinski definition) is 1. The Kier molecular flexibility index (Phi) is 4.28. The molecule has 0 spiro atoms. The van der Waals surface area contributed by atoms with E-state index in [1.54, 1.807) is 13.0 Å². The first-order valence-electron chi connectivity index (χ1n) is 6.42. The fourth-order valence-electron chi connectivity index (χ4n) is 2.40. The van der Waals surface area contributed by atoms with E-state index in [2.05, 4.69) is 0 Å². The van der Waals surface area contributed by atoms with Crippen molar-refractivity contribution in [1.29, 1.82) is 0 Å². The van der Waals surface area contributed by atoms with Gasteiger partial charge in [-0.3, -0.25) is 4.79 Å². The summed E-state index contributed by atoms with van der Waals surface area (Å²) in [6, 6.07) is 2.01. The highest BCUT2D eigenvalue weighted by Gasteiger charge is 2.33. The number of piperidine rings is 1. The lowest BCUT2D eigenvalue weighted by Gasteiger charge is -2.33. The Morgan fingerprint density at radius 2 is 2.10 bits per heavy atom. The Balaban J connectivity index is 2.35. The van der Waals surface area contributed by atoms with E-state index in [9.17, 15) is 14.0 Å². The van der Waals surface area contributed by atoms with Gasteiger partial charge in [-0.25, -0.2) is 9.18 Å². The summed E-state index contributed by atoms with van der Waals surface area (Å²) in [5.74, 6) is -2.46. The lowest BCUT2D eigenvalue weighted by molar-refractivity contribution is -0.143. The largest absolute Gasteiger partial charge is 0.480 e.